The first kappa shape index (κ1) is 14.1. The Morgan fingerprint density at radius 3 is 2.56 bits per heavy atom. The van der Waals surface area contributed by atoms with Crippen molar-refractivity contribution in [2.24, 2.45) is 5.92 Å². The molecule has 1 aromatic rings. The highest BCUT2D eigenvalue weighted by Gasteiger charge is 2.22. The summed E-state index contributed by atoms with van der Waals surface area (Å²) in [5, 5.41) is 3.70. The molecule has 0 radical (unpaired) electrons. The van der Waals surface area contributed by atoms with E-state index in [1.807, 2.05) is 0 Å². The summed E-state index contributed by atoms with van der Waals surface area (Å²) in [6.07, 6.45) is 8.18. The van der Waals surface area contributed by atoms with Crippen LogP contribution in [0.1, 0.15) is 44.6 Å². The van der Waals surface area contributed by atoms with Crippen LogP contribution in [0.5, 0.6) is 0 Å². The van der Waals surface area contributed by atoms with Crippen LogP contribution in [-0.2, 0) is 6.42 Å². The third-order valence-corrected chi connectivity index (χ3v) is 4.57. The molecule has 0 aliphatic heterocycles. The fraction of sp³-hybridized carbons (Fsp3) is 0.625. The molecule has 2 heteroatoms. The van der Waals surface area contributed by atoms with E-state index < -0.39 is 0 Å². The molecule has 18 heavy (non-hydrogen) atoms. The van der Waals surface area contributed by atoms with Crippen LogP contribution in [0.15, 0.2) is 28.7 Å². The SMILES string of the molecule is CCNC1CCCCCC1Cc1ccc(Br)cc1. The van der Waals surface area contributed by atoms with Crippen LogP contribution < -0.4 is 5.32 Å². The summed E-state index contributed by atoms with van der Waals surface area (Å²) >= 11 is 3.51. The maximum atomic E-state index is 3.70. The van der Waals surface area contributed by atoms with E-state index in [-0.39, 0.29) is 0 Å². The largest absolute Gasteiger partial charge is 0.314 e. The van der Waals surface area contributed by atoms with E-state index in [2.05, 4.69) is 52.4 Å². The summed E-state index contributed by atoms with van der Waals surface area (Å²) in [5.41, 5.74) is 1.48. The van der Waals surface area contributed by atoms with Gasteiger partial charge in [-0.1, -0.05) is 54.2 Å². The van der Waals surface area contributed by atoms with Crippen molar-refractivity contribution in [1.82, 2.24) is 5.32 Å². The van der Waals surface area contributed by atoms with E-state index in [0.717, 1.165) is 18.5 Å². The highest BCUT2D eigenvalue weighted by molar-refractivity contribution is 9.10. The summed E-state index contributed by atoms with van der Waals surface area (Å²) < 4.78 is 1.18. The fourth-order valence-electron chi connectivity index (χ4n) is 3.08. The molecule has 0 spiro atoms. The molecule has 2 atom stereocenters. The van der Waals surface area contributed by atoms with Crippen molar-refractivity contribution in [3.8, 4) is 0 Å². The Hall–Kier alpha value is -0.340. The number of hydrogen-bond acceptors (Lipinski definition) is 1. The summed E-state index contributed by atoms with van der Waals surface area (Å²) in [6, 6.07) is 9.57. The maximum absolute atomic E-state index is 3.70. The summed E-state index contributed by atoms with van der Waals surface area (Å²) in [6.45, 7) is 3.32. The molecular formula is C16H24BrN. The third kappa shape index (κ3) is 4.10. The van der Waals surface area contributed by atoms with Gasteiger partial charge < -0.3 is 5.32 Å². The molecule has 0 aromatic heterocycles. The van der Waals surface area contributed by atoms with Gasteiger partial charge >= 0.3 is 0 Å². The number of nitrogens with one attached hydrogen (secondary N) is 1. The Morgan fingerprint density at radius 2 is 1.83 bits per heavy atom. The van der Waals surface area contributed by atoms with Gasteiger partial charge in [0.1, 0.15) is 0 Å². The van der Waals surface area contributed by atoms with Crippen LogP contribution >= 0.6 is 15.9 Å². The average Bonchev–Trinajstić information content (AvgIpc) is 2.59. The van der Waals surface area contributed by atoms with E-state index in [9.17, 15) is 0 Å². The van der Waals surface area contributed by atoms with Gasteiger partial charge in [0.15, 0.2) is 0 Å². The highest BCUT2D eigenvalue weighted by Crippen LogP contribution is 2.27. The Bertz CT molecular complexity index is 347. The molecule has 0 saturated heterocycles. The number of halogens is 1. The molecule has 0 heterocycles. The molecule has 100 valence electrons. The Morgan fingerprint density at radius 1 is 1.11 bits per heavy atom. The van der Waals surface area contributed by atoms with E-state index >= 15 is 0 Å². The molecule has 1 fully saturated rings. The van der Waals surface area contributed by atoms with Crippen LogP contribution in [0.4, 0.5) is 0 Å². The van der Waals surface area contributed by atoms with E-state index in [1.54, 1.807) is 0 Å². The molecule has 2 unspecified atom stereocenters. The molecule has 1 saturated carbocycles. The molecule has 0 bridgehead atoms. The quantitative estimate of drug-likeness (QED) is 0.805. The van der Waals surface area contributed by atoms with Gasteiger partial charge in [-0.25, -0.2) is 0 Å². The van der Waals surface area contributed by atoms with Crippen molar-refractivity contribution < 1.29 is 0 Å². The zero-order valence-electron chi connectivity index (χ0n) is 11.3. The second kappa shape index (κ2) is 7.30. The lowest BCUT2D eigenvalue weighted by Gasteiger charge is -2.26. The van der Waals surface area contributed by atoms with Gasteiger partial charge in [0.25, 0.3) is 0 Å². The standard InChI is InChI=1S/C16H24BrN/c1-2-18-16-7-5-3-4-6-14(16)12-13-8-10-15(17)11-9-13/h8-11,14,16,18H,2-7,12H2,1H3. The number of hydrogen-bond donors (Lipinski definition) is 1. The molecule has 1 N–H and O–H groups in total. The predicted molar refractivity (Wildman–Crippen MR) is 81.9 cm³/mol. The fourth-order valence-corrected chi connectivity index (χ4v) is 3.35. The third-order valence-electron chi connectivity index (χ3n) is 4.04. The topological polar surface area (TPSA) is 12.0 Å². The minimum atomic E-state index is 0.723. The van der Waals surface area contributed by atoms with Crippen molar-refractivity contribution in [1.29, 1.82) is 0 Å². The highest BCUT2D eigenvalue weighted by atomic mass is 79.9. The van der Waals surface area contributed by atoms with Gasteiger partial charge in [-0.3, -0.25) is 0 Å². The lowest BCUT2D eigenvalue weighted by molar-refractivity contribution is 0.337. The van der Waals surface area contributed by atoms with Gasteiger partial charge in [-0.05, 0) is 49.4 Å². The Balaban J connectivity index is 2.01. The second-order valence-corrected chi connectivity index (χ2v) is 6.31. The van der Waals surface area contributed by atoms with Gasteiger partial charge in [-0.15, -0.1) is 0 Å². The molecule has 1 aliphatic rings. The van der Waals surface area contributed by atoms with Crippen LogP contribution in [-0.4, -0.2) is 12.6 Å². The average molecular weight is 310 g/mol. The van der Waals surface area contributed by atoms with E-state index in [1.165, 1.54) is 48.6 Å². The summed E-state index contributed by atoms with van der Waals surface area (Å²) in [5.74, 6) is 0.814. The van der Waals surface area contributed by atoms with Crippen molar-refractivity contribution in [3.63, 3.8) is 0 Å². The van der Waals surface area contributed by atoms with Crippen molar-refractivity contribution in [3.05, 3.63) is 34.3 Å². The minimum Gasteiger partial charge on any atom is -0.314 e. The minimum absolute atomic E-state index is 0.723. The Labute approximate surface area is 119 Å². The number of benzene rings is 1. The lowest BCUT2D eigenvalue weighted by Crippen LogP contribution is -2.36. The monoisotopic (exact) mass is 309 g/mol. The summed E-state index contributed by atoms with van der Waals surface area (Å²) in [7, 11) is 0. The van der Waals surface area contributed by atoms with Gasteiger partial charge in [0, 0.05) is 10.5 Å². The smallest absolute Gasteiger partial charge is 0.0175 e. The van der Waals surface area contributed by atoms with Crippen molar-refractivity contribution in [2.75, 3.05) is 6.54 Å². The first-order chi connectivity index (χ1) is 8.79. The molecule has 1 aliphatic carbocycles. The maximum Gasteiger partial charge on any atom is 0.0175 e. The first-order valence-electron chi connectivity index (χ1n) is 7.27. The zero-order chi connectivity index (χ0) is 12.8. The van der Waals surface area contributed by atoms with Crippen LogP contribution in [0.3, 0.4) is 0 Å². The second-order valence-electron chi connectivity index (χ2n) is 5.39. The first-order valence-corrected chi connectivity index (χ1v) is 8.06. The predicted octanol–water partition coefficient (Wildman–Crippen LogP) is 4.55. The Kier molecular flexibility index (Phi) is 5.71. The normalized spacial score (nSPS) is 24.8. The van der Waals surface area contributed by atoms with Crippen LogP contribution in [0.25, 0.3) is 0 Å². The van der Waals surface area contributed by atoms with Crippen molar-refractivity contribution in [2.45, 2.75) is 51.5 Å². The zero-order valence-corrected chi connectivity index (χ0v) is 12.9. The molecule has 1 aromatic carbocycles. The summed E-state index contributed by atoms with van der Waals surface area (Å²) in [4.78, 5) is 0. The van der Waals surface area contributed by atoms with E-state index in [0.29, 0.717) is 0 Å². The number of rotatable bonds is 4. The molecular weight excluding hydrogens is 286 g/mol. The van der Waals surface area contributed by atoms with E-state index in [4.69, 9.17) is 0 Å². The molecule has 1 nitrogen and oxygen atoms in total. The molecule has 0 amide bonds. The van der Waals surface area contributed by atoms with Crippen LogP contribution in [0, 0.1) is 5.92 Å². The van der Waals surface area contributed by atoms with Gasteiger partial charge in [0.2, 0.25) is 0 Å². The van der Waals surface area contributed by atoms with Gasteiger partial charge in [-0.2, -0.15) is 0 Å². The van der Waals surface area contributed by atoms with Gasteiger partial charge in [0.05, 0.1) is 0 Å². The molecule has 2 rings (SSSR count). The van der Waals surface area contributed by atoms with Crippen LogP contribution in [0.2, 0.25) is 0 Å². The van der Waals surface area contributed by atoms with Crippen molar-refractivity contribution >= 4 is 15.9 Å². The lowest BCUT2D eigenvalue weighted by atomic mass is 9.88.